The molecule has 2 aromatic rings. The minimum atomic E-state index is -1.06. The summed E-state index contributed by atoms with van der Waals surface area (Å²) in [5.41, 5.74) is 1.25. The number of halogens is 1. The summed E-state index contributed by atoms with van der Waals surface area (Å²) >= 11 is 6.11. The summed E-state index contributed by atoms with van der Waals surface area (Å²) in [6.07, 6.45) is 6.07. The molecule has 0 saturated heterocycles. The first kappa shape index (κ1) is 21.5. The molecule has 0 radical (unpaired) electrons. The van der Waals surface area contributed by atoms with E-state index in [1.54, 1.807) is 17.0 Å². The van der Waals surface area contributed by atoms with Crippen molar-refractivity contribution in [3.8, 4) is 5.75 Å². The molecule has 29 heavy (non-hydrogen) atoms. The molecular weight excluding hydrogens is 394 g/mol. The Morgan fingerprint density at radius 2 is 2.00 bits per heavy atom. The first-order chi connectivity index (χ1) is 14.0. The fraction of sp³-hybridized carbons (Fsp3) is 0.476. The normalized spacial score (nSPS) is 21.6. The molecule has 0 unspecified atom stereocenters. The van der Waals surface area contributed by atoms with Gasteiger partial charge in [0.05, 0.1) is 12.3 Å². The number of aromatic nitrogens is 2. The van der Waals surface area contributed by atoms with Gasteiger partial charge in [0.25, 0.3) is 5.91 Å². The van der Waals surface area contributed by atoms with Crippen molar-refractivity contribution in [2.45, 2.75) is 44.3 Å². The average molecular weight is 420 g/mol. The van der Waals surface area contributed by atoms with Crippen molar-refractivity contribution in [2.75, 3.05) is 19.7 Å². The number of hydrogen-bond donors (Lipinski definition) is 2. The van der Waals surface area contributed by atoms with E-state index in [1.807, 2.05) is 6.07 Å². The van der Waals surface area contributed by atoms with Gasteiger partial charge in [0.15, 0.2) is 0 Å². The van der Waals surface area contributed by atoms with Crippen molar-refractivity contribution in [3.05, 3.63) is 53.1 Å². The van der Waals surface area contributed by atoms with Crippen molar-refractivity contribution in [2.24, 2.45) is 0 Å². The van der Waals surface area contributed by atoms with Gasteiger partial charge in [-0.1, -0.05) is 18.0 Å². The maximum Gasteiger partial charge on any atom is 0.274 e. The highest BCUT2D eigenvalue weighted by atomic mass is 35.5. The summed E-state index contributed by atoms with van der Waals surface area (Å²) in [7, 11) is 0. The van der Waals surface area contributed by atoms with Crippen LogP contribution >= 0.6 is 11.6 Å². The van der Waals surface area contributed by atoms with Crippen LogP contribution < -0.4 is 4.74 Å². The molecule has 1 aliphatic heterocycles. The van der Waals surface area contributed by atoms with Crippen molar-refractivity contribution < 1.29 is 19.7 Å². The van der Waals surface area contributed by atoms with Crippen LogP contribution in [0.5, 0.6) is 5.75 Å². The molecule has 1 aromatic carbocycles. The number of hydrogen-bond acceptors (Lipinski definition) is 6. The molecule has 1 aliphatic rings. The molecule has 0 bridgehead atoms. The van der Waals surface area contributed by atoms with E-state index < -0.39 is 12.2 Å². The Balaban J connectivity index is 1.72. The highest BCUT2D eigenvalue weighted by molar-refractivity contribution is 6.30. The molecule has 2 N–H and O–H groups in total. The van der Waals surface area contributed by atoms with Crippen molar-refractivity contribution in [1.82, 2.24) is 14.9 Å². The molecule has 0 spiro atoms. The summed E-state index contributed by atoms with van der Waals surface area (Å²) in [6, 6.07) is 5.42. The SMILES string of the molecule is O=C(c1cnccn1)N1CCCCCc2cc(Cl)ccc2OC[C@@H](O)[C@@H](O)CC1. The van der Waals surface area contributed by atoms with Crippen LogP contribution in [-0.4, -0.2) is 62.9 Å². The van der Waals surface area contributed by atoms with E-state index in [2.05, 4.69) is 9.97 Å². The number of rotatable bonds is 1. The third-order valence-electron chi connectivity index (χ3n) is 5.01. The van der Waals surface area contributed by atoms with E-state index in [9.17, 15) is 15.0 Å². The van der Waals surface area contributed by atoms with Crippen LogP contribution in [0.15, 0.2) is 36.8 Å². The zero-order chi connectivity index (χ0) is 20.6. The minimum Gasteiger partial charge on any atom is -0.491 e. The summed E-state index contributed by atoms with van der Waals surface area (Å²) < 4.78 is 5.75. The molecule has 0 saturated carbocycles. The van der Waals surface area contributed by atoms with Gasteiger partial charge in [-0.25, -0.2) is 4.98 Å². The number of ether oxygens (including phenoxy) is 1. The van der Waals surface area contributed by atoms with Gasteiger partial charge >= 0.3 is 0 Å². The second-order valence-electron chi connectivity index (χ2n) is 7.18. The van der Waals surface area contributed by atoms with Crippen LogP contribution in [-0.2, 0) is 6.42 Å². The van der Waals surface area contributed by atoms with Crippen molar-refractivity contribution in [3.63, 3.8) is 0 Å². The molecule has 2 atom stereocenters. The van der Waals surface area contributed by atoms with Crippen LogP contribution in [0, 0.1) is 0 Å². The number of carbonyl (C=O) groups is 1. The van der Waals surface area contributed by atoms with E-state index in [0.717, 1.165) is 31.2 Å². The molecular formula is C21H26ClN3O4. The van der Waals surface area contributed by atoms with Gasteiger partial charge in [0.1, 0.15) is 24.2 Å². The molecule has 156 valence electrons. The Morgan fingerprint density at radius 3 is 2.79 bits per heavy atom. The Labute approximate surface area is 175 Å². The predicted octanol–water partition coefficient (Wildman–Crippen LogP) is 2.49. The van der Waals surface area contributed by atoms with Crippen LogP contribution in [0.25, 0.3) is 0 Å². The third kappa shape index (κ3) is 6.13. The molecule has 0 aliphatic carbocycles. The van der Waals surface area contributed by atoms with Gasteiger partial charge in [0.2, 0.25) is 0 Å². The number of aryl methyl sites for hydroxylation is 1. The highest BCUT2D eigenvalue weighted by Crippen LogP contribution is 2.25. The lowest BCUT2D eigenvalue weighted by molar-refractivity contribution is -0.0153. The molecule has 1 aromatic heterocycles. The molecule has 2 heterocycles. The second-order valence-corrected chi connectivity index (χ2v) is 7.62. The van der Waals surface area contributed by atoms with Gasteiger partial charge in [-0.2, -0.15) is 0 Å². The zero-order valence-electron chi connectivity index (χ0n) is 16.2. The monoisotopic (exact) mass is 419 g/mol. The summed E-state index contributed by atoms with van der Waals surface area (Å²) in [4.78, 5) is 22.5. The summed E-state index contributed by atoms with van der Waals surface area (Å²) in [5, 5.41) is 21.2. The molecule has 0 fully saturated rings. The minimum absolute atomic E-state index is 0.0338. The van der Waals surface area contributed by atoms with Gasteiger partial charge < -0.3 is 19.8 Å². The van der Waals surface area contributed by atoms with Crippen LogP contribution in [0.4, 0.5) is 0 Å². The van der Waals surface area contributed by atoms with Gasteiger partial charge in [-0.15, -0.1) is 0 Å². The summed E-state index contributed by atoms with van der Waals surface area (Å²) in [6.45, 7) is 0.838. The van der Waals surface area contributed by atoms with E-state index >= 15 is 0 Å². The fourth-order valence-electron chi connectivity index (χ4n) is 3.33. The summed E-state index contributed by atoms with van der Waals surface area (Å²) in [5.74, 6) is 0.456. The number of fused-ring (bicyclic) bond motifs is 1. The lowest BCUT2D eigenvalue weighted by atomic mass is 10.0. The van der Waals surface area contributed by atoms with Gasteiger partial charge in [-0.05, 0) is 49.4 Å². The number of amides is 1. The van der Waals surface area contributed by atoms with Crippen LogP contribution in [0.1, 0.15) is 41.7 Å². The Bertz CT molecular complexity index is 806. The highest BCUT2D eigenvalue weighted by Gasteiger charge is 2.22. The maximum absolute atomic E-state index is 12.8. The Kier molecular flexibility index (Phi) is 7.80. The fourth-order valence-corrected chi connectivity index (χ4v) is 3.53. The second kappa shape index (κ2) is 10.5. The van der Waals surface area contributed by atoms with E-state index in [-0.39, 0.29) is 24.6 Å². The molecule has 1 amide bonds. The first-order valence-corrected chi connectivity index (χ1v) is 10.2. The van der Waals surface area contributed by atoms with E-state index in [1.165, 1.54) is 18.6 Å². The van der Waals surface area contributed by atoms with Crippen LogP contribution in [0.2, 0.25) is 5.02 Å². The molecule has 3 rings (SSSR count). The standard InChI is InChI=1S/C21H26ClN3O4/c22-16-5-6-20-15(12-16)4-2-1-3-10-25(11-7-18(26)19(27)14-29-20)21(28)17-13-23-8-9-24-17/h5-6,8-9,12-13,18-19,26-27H,1-4,7,10-11,14H2/t18-,19+/m0/s1. The van der Waals surface area contributed by atoms with Gasteiger partial charge in [-0.3, -0.25) is 9.78 Å². The number of nitrogens with zero attached hydrogens (tertiary/aromatic N) is 3. The van der Waals surface area contributed by atoms with E-state index in [4.69, 9.17) is 16.3 Å². The zero-order valence-corrected chi connectivity index (χ0v) is 17.0. The maximum atomic E-state index is 12.8. The average Bonchev–Trinajstić information content (AvgIpc) is 2.74. The topological polar surface area (TPSA) is 95.8 Å². The van der Waals surface area contributed by atoms with Crippen LogP contribution in [0.3, 0.4) is 0 Å². The molecule has 7 nitrogen and oxygen atoms in total. The van der Waals surface area contributed by atoms with Crippen molar-refractivity contribution in [1.29, 1.82) is 0 Å². The van der Waals surface area contributed by atoms with Gasteiger partial charge in [0, 0.05) is 30.5 Å². The third-order valence-corrected chi connectivity index (χ3v) is 5.25. The molecule has 8 heteroatoms. The van der Waals surface area contributed by atoms with Crippen molar-refractivity contribution >= 4 is 17.5 Å². The Morgan fingerprint density at radius 1 is 1.14 bits per heavy atom. The predicted molar refractivity (Wildman–Crippen MR) is 109 cm³/mol. The lowest BCUT2D eigenvalue weighted by Crippen LogP contribution is -2.39. The quantitative estimate of drug-likeness (QED) is 0.737. The number of carbonyl (C=O) groups excluding carboxylic acids is 1. The largest absolute Gasteiger partial charge is 0.491 e. The van der Waals surface area contributed by atoms with E-state index in [0.29, 0.717) is 23.9 Å². The first-order valence-electron chi connectivity index (χ1n) is 9.87. The number of aliphatic hydroxyl groups excluding tert-OH is 2. The smallest absolute Gasteiger partial charge is 0.274 e. The number of aliphatic hydroxyl groups is 2. The Hall–Kier alpha value is -2.22. The lowest BCUT2D eigenvalue weighted by Gasteiger charge is -2.26. The number of benzene rings is 1.